The van der Waals surface area contributed by atoms with Crippen LogP contribution in [0.3, 0.4) is 0 Å². The second kappa shape index (κ2) is 4.74. The third kappa shape index (κ3) is 2.04. The van der Waals surface area contributed by atoms with Crippen molar-refractivity contribution in [3.63, 3.8) is 0 Å². The third-order valence-electron chi connectivity index (χ3n) is 2.74. The Bertz CT molecular complexity index is 380. The number of nitrogens with one attached hydrogen (secondary N) is 1. The Balaban J connectivity index is 2.23. The number of rotatable bonds is 3. The molecule has 0 fully saturated rings. The Labute approximate surface area is 95.7 Å². The van der Waals surface area contributed by atoms with Crippen LogP contribution in [0.25, 0.3) is 0 Å². The Morgan fingerprint density at radius 1 is 1.60 bits per heavy atom. The number of hydrogen-bond donors (Lipinski definition) is 1. The molecule has 78 valence electrons. The van der Waals surface area contributed by atoms with Crippen molar-refractivity contribution in [1.29, 1.82) is 0 Å². The zero-order valence-electron chi connectivity index (χ0n) is 8.86. The fourth-order valence-corrected chi connectivity index (χ4v) is 3.29. The van der Waals surface area contributed by atoms with Crippen LogP contribution >= 0.6 is 11.8 Å². The van der Waals surface area contributed by atoms with E-state index in [0.717, 1.165) is 12.3 Å². The fourth-order valence-electron chi connectivity index (χ4n) is 2.00. The summed E-state index contributed by atoms with van der Waals surface area (Å²) in [5, 5.41) is 3.37. The minimum Gasteiger partial charge on any atom is -0.303 e. The summed E-state index contributed by atoms with van der Waals surface area (Å²) >= 11 is 1.91. The van der Waals surface area contributed by atoms with Crippen molar-refractivity contribution in [2.45, 2.75) is 23.8 Å². The summed E-state index contributed by atoms with van der Waals surface area (Å²) in [7, 11) is 0. The van der Waals surface area contributed by atoms with E-state index in [0.29, 0.717) is 5.92 Å². The molecule has 2 unspecified atom stereocenters. The molecular weight excluding hydrogens is 202 g/mol. The van der Waals surface area contributed by atoms with E-state index in [2.05, 4.69) is 42.4 Å². The van der Waals surface area contributed by atoms with Gasteiger partial charge in [0.15, 0.2) is 0 Å². The van der Waals surface area contributed by atoms with E-state index in [1.165, 1.54) is 10.5 Å². The first-order valence-electron chi connectivity index (χ1n) is 5.28. The highest BCUT2D eigenvalue weighted by Crippen LogP contribution is 2.40. The summed E-state index contributed by atoms with van der Waals surface area (Å²) in [6, 6.07) is 8.73. The summed E-state index contributed by atoms with van der Waals surface area (Å²) in [5.74, 6) is 4.43. The topological polar surface area (TPSA) is 12.0 Å². The van der Waals surface area contributed by atoms with Gasteiger partial charge in [0, 0.05) is 16.6 Å². The number of fused-ring (bicyclic) bond motifs is 1. The molecule has 1 aliphatic heterocycles. The molecule has 1 aromatic rings. The van der Waals surface area contributed by atoms with Crippen molar-refractivity contribution in [1.82, 2.24) is 5.32 Å². The van der Waals surface area contributed by atoms with Crippen molar-refractivity contribution in [2.75, 3.05) is 12.3 Å². The second-order valence-electron chi connectivity index (χ2n) is 3.66. The standard InChI is InChI=1S/C13H15NS/c1-3-12(14-4-2)11-9-15-13-8-6-5-7-10(11)13/h1,5-8,11-12,14H,4,9H2,2H3. The number of likely N-dealkylation sites (N-methyl/N-ethyl adjacent to an activating group) is 1. The second-order valence-corrected chi connectivity index (χ2v) is 4.72. The third-order valence-corrected chi connectivity index (χ3v) is 3.95. The molecule has 0 bridgehead atoms. The van der Waals surface area contributed by atoms with Gasteiger partial charge >= 0.3 is 0 Å². The zero-order chi connectivity index (χ0) is 10.7. The first-order valence-corrected chi connectivity index (χ1v) is 6.26. The van der Waals surface area contributed by atoms with Gasteiger partial charge in [-0.3, -0.25) is 0 Å². The van der Waals surface area contributed by atoms with E-state index in [9.17, 15) is 0 Å². The molecule has 1 aromatic carbocycles. The molecule has 1 heterocycles. The van der Waals surface area contributed by atoms with E-state index in [-0.39, 0.29) is 6.04 Å². The normalized spacial score (nSPS) is 20.7. The van der Waals surface area contributed by atoms with Crippen LogP contribution < -0.4 is 5.32 Å². The first kappa shape index (κ1) is 10.6. The Morgan fingerprint density at radius 2 is 2.40 bits per heavy atom. The van der Waals surface area contributed by atoms with Gasteiger partial charge in [-0.25, -0.2) is 0 Å². The molecule has 1 aliphatic rings. The molecule has 0 radical (unpaired) electrons. The van der Waals surface area contributed by atoms with Gasteiger partial charge in [-0.2, -0.15) is 0 Å². The fraction of sp³-hybridized carbons (Fsp3) is 0.385. The lowest BCUT2D eigenvalue weighted by Crippen LogP contribution is -2.33. The van der Waals surface area contributed by atoms with Crippen molar-refractivity contribution >= 4 is 11.8 Å². The van der Waals surface area contributed by atoms with Crippen molar-refractivity contribution in [3.05, 3.63) is 29.8 Å². The van der Waals surface area contributed by atoms with Gasteiger partial charge in [0.1, 0.15) is 0 Å². The van der Waals surface area contributed by atoms with Gasteiger partial charge in [-0.05, 0) is 18.2 Å². The summed E-state index contributed by atoms with van der Waals surface area (Å²) in [5.41, 5.74) is 1.41. The maximum Gasteiger partial charge on any atom is 0.0764 e. The van der Waals surface area contributed by atoms with Crippen LogP contribution in [0, 0.1) is 12.3 Å². The van der Waals surface area contributed by atoms with Gasteiger partial charge in [-0.15, -0.1) is 18.2 Å². The lowest BCUT2D eigenvalue weighted by atomic mass is 9.94. The quantitative estimate of drug-likeness (QED) is 0.781. The summed E-state index contributed by atoms with van der Waals surface area (Å²) in [6.45, 7) is 3.02. The molecule has 0 amide bonds. The van der Waals surface area contributed by atoms with Crippen LogP contribution in [-0.4, -0.2) is 18.3 Å². The SMILES string of the molecule is C#CC(NCC)C1CSc2ccccc21. The molecule has 15 heavy (non-hydrogen) atoms. The molecule has 2 rings (SSSR count). The van der Waals surface area contributed by atoms with E-state index in [1.54, 1.807) is 0 Å². The van der Waals surface area contributed by atoms with Crippen LogP contribution in [0.1, 0.15) is 18.4 Å². The highest BCUT2D eigenvalue weighted by atomic mass is 32.2. The predicted molar refractivity (Wildman–Crippen MR) is 66.2 cm³/mol. The molecule has 2 heteroatoms. The van der Waals surface area contributed by atoms with E-state index in [4.69, 9.17) is 6.42 Å². The van der Waals surface area contributed by atoms with Gasteiger partial charge < -0.3 is 5.32 Å². The Kier molecular flexibility index (Phi) is 3.35. The molecule has 0 aliphatic carbocycles. The number of thioether (sulfide) groups is 1. The van der Waals surface area contributed by atoms with Gasteiger partial charge in [0.05, 0.1) is 6.04 Å². The molecule has 0 spiro atoms. The minimum absolute atomic E-state index is 0.172. The lowest BCUT2D eigenvalue weighted by molar-refractivity contribution is 0.558. The van der Waals surface area contributed by atoms with Gasteiger partial charge in [0.2, 0.25) is 0 Å². The zero-order valence-corrected chi connectivity index (χ0v) is 9.68. The van der Waals surface area contributed by atoms with Crippen LogP contribution in [-0.2, 0) is 0 Å². The van der Waals surface area contributed by atoms with Crippen molar-refractivity contribution in [3.8, 4) is 12.3 Å². The summed E-state index contributed by atoms with van der Waals surface area (Å²) in [4.78, 5) is 1.39. The number of terminal acetylenes is 1. The maximum atomic E-state index is 5.57. The first-order chi connectivity index (χ1) is 7.36. The molecule has 0 saturated carbocycles. The molecule has 1 N–H and O–H groups in total. The molecule has 1 nitrogen and oxygen atoms in total. The van der Waals surface area contributed by atoms with Crippen LogP contribution in [0.2, 0.25) is 0 Å². The van der Waals surface area contributed by atoms with Crippen molar-refractivity contribution < 1.29 is 0 Å². The maximum absolute atomic E-state index is 5.57. The van der Waals surface area contributed by atoms with Crippen molar-refractivity contribution in [2.24, 2.45) is 0 Å². The minimum atomic E-state index is 0.172. The van der Waals surface area contributed by atoms with E-state index in [1.807, 2.05) is 11.8 Å². The molecular formula is C13H15NS. The lowest BCUT2D eigenvalue weighted by Gasteiger charge is -2.19. The Hall–Kier alpha value is -0.910. The van der Waals surface area contributed by atoms with Crippen LogP contribution in [0.5, 0.6) is 0 Å². The van der Waals surface area contributed by atoms with E-state index >= 15 is 0 Å². The van der Waals surface area contributed by atoms with E-state index < -0.39 is 0 Å². The van der Waals surface area contributed by atoms with Gasteiger partial charge in [0.25, 0.3) is 0 Å². The highest BCUT2D eigenvalue weighted by Gasteiger charge is 2.28. The smallest absolute Gasteiger partial charge is 0.0764 e. The largest absolute Gasteiger partial charge is 0.303 e. The summed E-state index contributed by atoms with van der Waals surface area (Å²) < 4.78 is 0. The average Bonchev–Trinajstić information content (AvgIpc) is 2.70. The number of hydrogen-bond acceptors (Lipinski definition) is 2. The molecule has 0 saturated heterocycles. The number of benzene rings is 1. The predicted octanol–water partition coefficient (Wildman–Crippen LogP) is 2.49. The van der Waals surface area contributed by atoms with Crippen LogP contribution in [0.15, 0.2) is 29.2 Å². The summed E-state index contributed by atoms with van der Waals surface area (Å²) in [6.07, 6.45) is 5.57. The Morgan fingerprint density at radius 3 is 3.13 bits per heavy atom. The van der Waals surface area contributed by atoms with Gasteiger partial charge in [-0.1, -0.05) is 31.0 Å². The molecule has 2 atom stereocenters. The highest BCUT2D eigenvalue weighted by molar-refractivity contribution is 7.99. The van der Waals surface area contributed by atoms with Crippen LogP contribution in [0.4, 0.5) is 0 Å². The average molecular weight is 217 g/mol. The monoisotopic (exact) mass is 217 g/mol. The molecule has 0 aromatic heterocycles.